The van der Waals surface area contributed by atoms with Crippen LogP contribution >= 0.6 is 0 Å². The number of carboxylic acids is 1. The quantitative estimate of drug-likeness (QED) is 0.0839. The smallest absolute Gasteiger partial charge is 0.339 e. The van der Waals surface area contributed by atoms with Gasteiger partial charge in [0.15, 0.2) is 5.75 Å². The fourth-order valence-corrected chi connectivity index (χ4v) is 6.25. The first-order valence-electron chi connectivity index (χ1n) is 16.3. The van der Waals surface area contributed by atoms with E-state index in [0.29, 0.717) is 46.1 Å². The van der Waals surface area contributed by atoms with E-state index in [9.17, 15) is 23.1 Å². The van der Waals surface area contributed by atoms with E-state index in [2.05, 4.69) is 25.7 Å². The molecule has 0 radical (unpaired) electrons. The van der Waals surface area contributed by atoms with Crippen molar-refractivity contribution in [3.63, 3.8) is 0 Å². The largest absolute Gasteiger partial charge is 0.495 e. The average Bonchev–Trinajstić information content (AvgIpc) is 3.08. The number of anilines is 5. The third-order valence-corrected chi connectivity index (χ3v) is 8.70. The van der Waals surface area contributed by atoms with Crippen LogP contribution in [0, 0.1) is 0 Å². The predicted octanol–water partition coefficient (Wildman–Crippen LogP) is 8.36. The Kier molecular flexibility index (Phi) is 10.8. The molecule has 1 aromatic heterocycles. The van der Waals surface area contributed by atoms with Crippen molar-refractivity contribution in [2.24, 2.45) is 0 Å². The monoisotopic (exact) mass is 727 g/mol. The molecule has 0 saturated carbocycles. The molecule has 5 N–H and O–H groups in total. The number of rotatable bonds is 12. The maximum absolute atomic E-state index is 13.5. The Balaban J connectivity index is 1.40. The fraction of sp³-hybridized carbons (Fsp3) is 0.237. The molecule has 4 aromatic carbocycles. The molecular formula is C38H41N5O8S. The van der Waals surface area contributed by atoms with Crippen LogP contribution in [0.1, 0.15) is 49.2 Å². The van der Waals surface area contributed by atoms with Gasteiger partial charge in [0, 0.05) is 34.3 Å². The number of hydrogen-bond acceptors (Lipinski definition) is 9. The van der Waals surface area contributed by atoms with Gasteiger partial charge in [-0.3, -0.25) is 4.72 Å². The van der Waals surface area contributed by atoms with Crippen LogP contribution in [0.5, 0.6) is 23.0 Å². The summed E-state index contributed by atoms with van der Waals surface area (Å²) in [5.74, 6) is 0.847. The molecule has 2 amide bonds. The number of aromatic carboxylic acids is 1. The highest BCUT2D eigenvalue weighted by atomic mass is 32.2. The van der Waals surface area contributed by atoms with Gasteiger partial charge in [0.2, 0.25) is 10.0 Å². The lowest BCUT2D eigenvalue weighted by Crippen LogP contribution is -2.22. The first kappa shape index (κ1) is 37.2. The molecule has 13 nitrogen and oxygen atoms in total. The number of aromatic nitrogens is 1. The lowest BCUT2D eigenvalue weighted by atomic mass is 9.86. The highest BCUT2D eigenvalue weighted by molar-refractivity contribution is 7.92. The second-order valence-corrected chi connectivity index (χ2v) is 14.6. The molecule has 0 aliphatic rings. The average molecular weight is 728 g/mol. The summed E-state index contributed by atoms with van der Waals surface area (Å²) < 4.78 is 44.1. The maximum atomic E-state index is 13.5. The minimum atomic E-state index is -3.64. The predicted molar refractivity (Wildman–Crippen MR) is 204 cm³/mol. The molecule has 1 heterocycles. The molecule has 0 unspecified atom stereocenters. The Morgan fingerprint density at radius 2 is 1.48 bits per heavy atom. The van der Waals surface area contributed by atoms with Crippen LogP contribution in [-0.2, 0) is 21.9 Å². The van der Waals surface area contributed by atoms with Crippen LogP contribution in [0.25, 0.3) is 10.8 Å². The zero-order chi connectivity index (χ0) is 37.8. The number of sulfonamides is 1. The number of urea groups is 1. The number of hydrogen-bond donors (Lipinski definition) is 5. The van der Waals surface area contributed by atoms with Gasteiger partial charge in [-0.2, -0.15) is 0 Å². The zero-order valence-corrected chi connectivity index (χ0v) is 30.7. The highest BCUT2D eigenvalue weighted by Crippen LogP contribution is 2.40. The van der Waals surface area contributed by atoms with E-state index < -0.39 is 22.0 Å². The molecule has 5 aromatic rings. The number of carbonyl (C=O) groups is 2. The number of amides is 2. The number of methoxy groups -OCH3 is 2. The van der Waals surface area contributed by atoms with Crippen molar-refractivity contribution in [2.45, 2.75) is 39.5 Å². The molecule has 0 aliphatic carbocycles. The summed E-state index contributed by atoms with van der Waals surface area (Å²) in [6, 6.07) is 20.4. The van der Waals surface area contributed by atoms with Crippen molar-refractivity contribution in [1.29, 1.82) is 0 Å². The van der Waals surface area contributed by atoms with Crippen LogP contribution < -0.4 is 34.9 Å². The molecule has 0 spiro atoms. The summed E-state index contributed by atoms with van der Waals surface area (Å²) in [6.07, 6.45) is 3.16. The number of fused-ring (bicyclic) bond motifs is 1. The summed E-state index contributed by atoms with van der Waals surface area (Å²) in [7, 11) is -0.806. The van der Waals surface area contributed by atoms with Crippen molar-refractivity contribution in [3.05, 3.63) is 95.7 Å². The molecule has 0 saturated heterocycles. The Morgan fingerprint density at radius 1 is 0.827 bits per heavy atom. The minimum Gasteiger partial charge on any atom is -0.495 e. The first-order valence-corrected chi connectivity index (χ1v) is 18.1. The van der Waals surface area contributed by atoms with E-state index in [1.807, 2.05) is 52.0 Å². The van der Waals surface area contributed by atoms with Crippen LogP contribution in [0.2, 0.25) is 0 Å². The van der Waals surface area contributed by atoms with Crippen LogP contribution in [-0.4, -0.2) is 51.0 Å². The second kappa shape index (κ2) is 15.1. The van der Waals surface area contributed by atoms with Gasteiger partial charge in [0.25, 0.3) is 0 Å². The van der Waals surface area contributed by atoms with Gasteiger partial charge in [0.05, 0.1) is 37.5 Å². The van der Waals surface area contributed by atoms with Gasteiger partial charge in [-0.1, -0.05) is 52.0 Å². The lowest BCUT2D eigenvalue weighted by Gasteiger charge is -2.24. The molecule has 272 valence electrons. The topological polar surface area (TPSA) is 177 Å². The Labute approximate surface area is 302 Å². The molecular weight excluding hydrogens is 687 g/mol. The molecule has 0 aliphatic heterocycles. The Morgan fingerprint density at radius 3 is 2.12 bits per heavy atom. The van der Waals surface area contributed by atoms with Crippen LogP contribution in [0.15, 0.2) is 79.0 Å². The summed E-state index contributed by atoms with van der Waals surface area (Å²) in [5, 5.41) is 20.0. The van der Waals surface area contributed by atoms with Crippen molar-refractivity contribution >= 4 is 61.4 Å². The van der Waals surface area contributed by atoms with Gasteiger partial charge in [-0.05, 0) is 59.9 Å². The third-order valence-electron chi connectivity index (χ3n) is 8.11. The van der Waals surface area contributed by atoms with E-state index in [1.165, 1.54) is 20.3 Å². The zero-order valence-electron chi connectivity index (χ0n) is 29.9. The van der Waals surface area contributed by atoms with E-state index >= 15 is 0 Å². The van der Waals surface area contributed by atoms with Gasteiger partial charge in [0.1, 0.15) is 28.6 Å². The van der Waals surface area contributed by atoms with Crippen molar-refractivity contribution in [3.8, 4) is 23.0 Å². The minimum absolute atomic E-state index is 0.0720. The molecule has 14 heteroatoms. The SMILES string of the molecule is CCc1c(Nc2cc(Oc3ccc(NC(=O)Nc4cc(C(C)(C)C)cc(NS(C)(=O)=O)c4OC)c4ccccc34)ccn2)ccc(C(=O)O)c1OC. The van der Waals surface area contributed by atoms with Gasteiger partial charge in [-0.25, -0.2) is 23.0 Å². The highest BCUT2D eigenvalue weighted by Gasteiger charge is 2.23. The molecule has 0 atom stereocenters. The second-order valence-electron chi connectivity index (χ2n) is 12.9. The number of benzene rings is 4. The normalized spacial score (nSPS) is 11.4. The number of carboxylic acid groups (broad SMARTS) is 1. The van der Waals surface area contributed by atoms with Crippen molar-refractivity contribution < 1.29 is 37.3 Å². The Bertz CT molecular complexity index is 2270. The van der Waals surface area contributed by atoms with E-state index in [-0.39, 0.29) is 33.9 Å². The molecule has 0 bridgehead atoms. The van der Waals surface area contributed by atoms with E-state index in [0.717, 1.165) is 17.2 Å². The number of nitrogens with one attached hydrogen (secondary N) is 4. The number of carbonyl (C=O) groups excluding carboxylic acids is 1. The van der Waals surface area contributed by atoms with E-state index in [1.54, 1.807) is 48.7 Å². The summed E-state index contributed by atoms with van der Waals surface area (Å²) >= 11 is 0. The van der Waals surface area contributed by atoms with Crippen molar-refractivity contribution in [2.75, 3.05) is 41.1 Å². The first-order chi connectivity index (χ1) is 24.6. The summed E-state index contributed by atoms with van der Waals surface area (Å²) in [4.78, 5) is 29.6. The number of ether oxygens (including phenoxy) is 3. The summed E-state index contributed by atoms with van der Waals surface area (Å²) in [6.45, 7) is 7.83. The fourth-order valence-electron chi connectivity index (χ4n) is 5.70. The van der Waals surface area contributed by atoms with E-state index in [4.69, 9.17) is 14.2 Å². The summed E-state index contributed by atoms with van der Waals surface area (Å²) in [5.41, 5.74) is 2.82. The molecule has 5 rings (SSSR count). The Hall–Kier alpha value is -6.02. The third kappa shape index (κ3) is 8.46. The van der Waals surface area contributed by atoms with Crippen molar-refractivity contribution in [1.82, 2.24) is 4.98 Å². The number of pyridine rings is 1. The standard InChI is InChI=1S/C38H41N5O8S/c1-8-24-28(14-13-27(36(44)45)34(24)49-5)40-33-21-23(17-18-39-33)51-32-16-15-29(25-11-9-10-12-26(25)32)41-37(46)42-30-19-22(38(2,3)4)20-31(35(30)50-6)43-52(7,47)48/h9-21,43H,8H2,1-7H3,(H,39,40)(H,44,45)(H2,41,42,46). The van der Waals surface area contributed by atoms with Crippen LogP contribution in [0.4, 0.5) is 33.4 Å². The number of nitrogens with zero attached hydrogens (tertiary/aromatic N) is 1. The molecule has 0 fully saturated rings. The van der Waals surface area contributed by atoms with Crippen LogP contribution in [0.3, 0.4) is 0 Å². The molecule has 52 heavy (non-hydrogen) atoms. The van der Waals surface area contributed by atoms with Gasteiger partial charge < -0.3 is 35.3 Å². The lowest BCUT2D eigenvalue weighted by molar-refractivity contribution is 0.0693. The maximum Gasteiger partial charge on any atom is 0.339 e. The van der Waals surface area contributed by atoms with Gasteiger partial charge >= 0.3 is 12.0 Å². The van der Waals surface area contributed by atoms with Gasteiger partial charge in [-0.15, -0.1) is 0 Å².